The Morgan fingerprint density at radius 3 is 3.08 bits per heavy atom. The summed E-state index contributed by atoms with van der Waals surface area (Å²) < 4.78 is 4.76. The molecular formula is C9H12N2O2. The van der Waals surface area contributed by atoms with Crippen LogP contribution in [0.3, 0.4) is 0 Å². The van der Waals surface area contributed by atoms with Crippen molar-refractivity contribution in [2.45, 2.75) is 13.8 Å². The van der Waals surface area contributed by atoms with Crippen molar-refractivity contribution in [1.29, 1.82) is 0 Å². The molecule has 0 amide bonds. The molecule has 1 N–H and O–H groups in total. The first kappa shape index (κ1) is 9.51. The van der Waals surface area contributed by atoms with E-state index >= 15 is 0 Å². The average Bonchev–Trinajstić information content (AvgIpc) is 2.55. The molecule has 0 spiro atoms. The van der Waals surface area contributed by atoms with Crippen molar-refractivity contribution in [2.75, 3.05) is 6.61 Å². The number of ether oxygens (including phenoxy) is 1. The van der Waals surface area contributed by atoms with Crippen LogP contribution in [0.4, 0.5) is 0 Å². The third kappa shape index (κ3) is 2.74. The van der Waals surface area contributed by atoms with Crippen molar-refractivity contribution in [1.82, 2.24) is 10.2 Å². The highest BCUT2D eigenvalue weighted by Crippen LogP contribution is 2.08. The molecule has 0 saturated heterocycles. The minimum Gasteiger partial charge on any atom is -0.463 e. The van der Waals surface area contributed by atoms with Gasteiger partial charge in [0.2, 0.25) is 0 Å². The van der Waals surface area contributed by atoms with Crippen molar-refractivity contribution < 1.29 is 9.53 Å². The third-order valence-corrected chi connectivity index (χ3v) is 1.55. The number of carbonyl (C=O) groups excluding carboxylic acids is 1. The van der Waals surface area contributed by atoms with Gasteiger partial charge in [0.05, 0.1) is 12.3 Å². The Bertz CT molecular complexity index is 301. The molecule has 13 heavy (non-hydrogen) atoms. The van der Waals surface area contributed by atoms with Crippen LogP contribution in [0.2, 0.25) is 0 Å². The van der Waals surface area contributed by atoms with Gasteiger partial charge < -0.3 is 4.74 Å². The van der Waals surface area contributed by atoms with E-state index in [0.717, 1.165) is 11.3 Å². The Kier molecular flexibility index (Phi) is 3.25. The predicted octanol–water partition coefficient (Wildman–Crippen LogP) is 1.38. The van der Waals surface area contributed by atoms with Crippen LogP contribution in [-0.2, 0) is 9.53 Å². The van der Waals surface area contributed by atoms with Crippen molar-refractivity contribution in [2.24, 2.45) is 0 Å². The number of aromatic nitrogens is 2. The van der Waals surface area contributed by atoms with Gasteiger partial charge in [0.25, 0.3) is 0 Å². The highest BCUT2D eigenvalue weighted by molar-refractivity contribution is 5.90. The maximum atomic E-state index is 11.0. The van der Waals surface area contributed by atoms with E-state index in [0.29, 0.717) is 6.61 Å². The summed E-state index contributed by atoms with van der Waals surface area (Å²) in [6, 6.07) is 1.80. The molecular weight excluding hydrogens is 168 g/mol. The van der Waals surface area contributed by atoms with Gasteiger partial charge in [-0.15, -0.1) is 0 Å². The lowest BCUT2D eigenvalue weighted by molar-refractivity contribution is -0.137. The monoisotopic (exact) mass is 180 g/mol. The fraction of sp³-hybridized carbons (Fsp3) is 0.333. The zero-order chi connectivity index (χ0) is 9.68. The second kappa shape index (κ2) is 4.45. The number of hydrogen-bond acceptors (Lipinski definition) is 3. The van der Waals surface area contributed by atoms with Gasteiger partial charge >= 0.3 is 5.97 Å². The summed E-state index contributed by atoms with van der Waals surface area (Å²) in [5, 5.41) is 6.54. The topological polar surface area (TPSA) is 55.0 Å². The highest BCUT2D eigenvalue weighted by atomic mass is 16.5. The molecule has 4 heteroatoms. The van der Waals surface area contributed by atoms with E-state index in [1.807, 2.05) is 6.92 Å². The van der Waals surface area contributed by atoms with Crippen LogP contribution in [0.1, 0.15) is 19.5 Å². The standard InChI is InChI=1S/C9H12N2O2/c1-3-13-9(12)6-7(2)8-4-5-10-11-8/h4-6H,3H2,1-2H3,(H,10,11)/b7-6-. The van der Waals surface area contributed by atoms with Gasteiger partial charge in [-0.3, -0.25) is 5.10 Å². The van der Waals surface area contributed by atoms with Gasteiger partial charge in [-0.05, 0) is 25.5 Å². The minimum atomic E-state index is -0.324. The number of carbonyl (C=O) groups is 1. The van der Waals surface area contributed by atoms with Gasteiger partial charge in [-0.2, -0.15) is 5.10 Å². The summed E-state index contributed by atoms with van der Waals surface area (Å²) in [6.07, 6.45) is 3.08. The lowest BCUT2D eigenvalue weighted by Crippen LogP contribution is -2.00. The first-order chi connectivity index (χ1) is 6.24. The Morgan fingerprint density at radius 2 is 2.54 bits per heavy atom. The van der Waals surface area contributed by atoms with Crippen LogP contribution in [0, 0.1) is 0 Å². The summed E-state index contributed by atoms with van der Waals surface area (Å²) in [4.78, 5) is 11.0. The number of allylic oxidation sites excluding steroid dienone is 1. The van der Waals surface area contributed by atoms with Crippen molar-refractivity contribution in [3.8, 4) is 0 Å². The lowest BCUT2D eigenvalue weighted by atomic mass is 10.2. The first-order valence-electron chi connectivity index (χ1n) is 4.09. The van der Waals surface area contributed by atoms with Crippen LogP contribution < -0.4 is 0 Å². The van der Waals surface area contributed by atoms with Gasteiger partial charge in [-0.1, -0.05) is 0 Å². The summed E-state index contributed by atoms with van der Waals surface area (Å²) in [6.45, 7) is 3.99. The number of aromatic amines is 1. The SMILES string of the molecule is CCOC(=O)/C=C(/C)c1ccn[nH]1. The van der Waals surface area contributed by atoms with Crippen LogP contribution in [0.15, 0.2) is 18.3 Å². The third-order valence-electron chi connectivity index (χ3n) is 1.55. The normalized spacial score (nSPS) is 11.4. The maximum absolute atomic E-state index is 11.0. The van der Waals surface area contributed by atoms with Crippen molar-refractivity contribution in [3.05, 3.63) is 24.0 Å². The average molecular weight is 180 g/mol. The fourth-order valence-electron chi connectivity index (χ4n) is 0.914. The van der Waals surface area contributed by atoms with Crippen LogP contribution in [-0.4, -0.2) is 22.8 Å². The zero-order valence-electron chi connectivity index (χ0n) is 7.70. The van der Waals surface area contributed by atoms with E-state index in [9.17, 15) is 4.79 Å². The Morgan fingerprint density at radius 1 is 1.77 bits per heavy atom. The molecule has 0 aromatic carbocycles. The molecule has 1 aromatic heterocycles. The predicted molar refractivity (Wildman–Crippen MR) is 48.9 cm³/mol. The van der Waals surface area contributed by atoms with Gasteiger partial charge in [0, 0.05) is 12.3 Å². The molecule has 4 nitrogen and oxygen atoms in total. The highest BCUT2D eigenvalue weighted by Gasteiger charge is 2.00. The molecule has 1 aromatic rings. The quantitative estimate of drug-likeness (QED) is 0.564. The molecule has 0 fully saturated rings. The second-order valence-corrected chi connectivity index (χ2v) is 2.55. The summed E-state index contributed by atoms with van der Waals surface area (Å²) in [5.41, 5.74) is 1.64. The van der Waals surface area contributed by atoms with E-state index in [1.165, 1.54) is 6.08 Å². The molecule has 1 heterocycles. The second-order valence-electron chi connectivity index (χ2n) is 2.55. The van der Waals surface area contributed by atoms with Gasteiger partial charge in [0.1, 0.15) is 0 Å². The number of rotatable bonds is 3. The molecule has 0 radical (unpaired) electrons. The van der Waals surface area contributed by atoms with E-state index < -0.39 is 0 Å². The number of nitrogens with one attached hydrogen (secondary N) is 1. The molecule has 0 aliphatic heterocycles. The van der Waals surface area contributed by atoms with Gasteiger partial charge in [0.15, 0.2) is 0 Å². The van der Waals surface area contributed by atoms with E-state index in [4.69, 9.17) is 4.74 Å². The zero-order valence-corrected chi connectivity index (χ0v) is 7.70. The molecule has 0 aliphatic carbocycles. The van der Waals surface area contributed by atoms with E-state index in [1.54, 1.807) is 19.2 Å². The largest absolute Gasteiger partial charge is 0.463 e. The van der Waals surface area contributed by atoms with E-state index in [2.05, 4.69) is 10.2 Å². The maximum Gasteiger partial charge on any atom is 0.331 e. The van der Waals surface area contributed by atoms with E-state index in [-0.39, 0.29) is 5.97 Å². The number of esters is 1. The van der Waals surface area contributed by atoms with Gasteiger partial charge in [-0.25, -0.2) is 4.79 Å². The number of H-pyrrole nitrogens is 1. The van der Waals surface area contributed by atoms with Crippen molar-refractivity contribution >= 4 is 11.5 Å². The molecule has 0 aliphatic rings. The molecule has 0 saturated carbocycles. The number of nitrogens with zero attached hydrogens (tertiary/aromatic N) is 1. The minimum absolute atomic E-state index is 0.324. The fourth-order valence-corrected chi connectivity index (χ4v) is 0.914. The molecule has 70 valence electrons. The van der Waals surface area contributed by atoms with Crippen molar-refractivity contribution in [3.63, 3.8) is 0 Å². The smallest absolute Gasteiger partial charge is 0.331 e. The Labute approximate surface area is 76.6 Å². The first-order valence-corrected chi connectivity index (χ1v) is 4.09. The molecule has 0 unspecified atom stereocenters. The Balaban J connectivity index is 2.67. The molecule has 1 rings (SSSR count). The summed E-state index contributed by atoms with van der Waals surface area (Å²) in [5.74, 6) is -0.324. The lowest BCUT2D eigenvalue weighted by Gasteiger charge is -1.97. The summed E-state index contributed by atoms with van der Waals surface area (Å²) >= 11 is 0. The number of hydrogen-bond donors (Lipinski definition) is 1. The molecule has 0 atom stereocenters. The van der Waals surface area contributed by atoms with Crippen LogP contribution in [0.25, 0.3) is 5.57 Å². The summed E-state index contributed by atoms with van der Waals surface area (Å²) in [7, 11) is 0. The van der Waals surface area contributed by atoms with Crippen LogP contribution in [0.5, 0.6) is 0 Å². The Hall–Kier alpha value is -1.58. The van der Waals surface area contributed by atoms with Crippen LogP contribution >= 0.6 is 0 Å². The molecule has 0 bridgehead atoms.